The maximum absolute atomic E-state index is 6.37. The highest BCUT2D eigenvalue weighted by Gasteiger charge is 2.44. The molecule has 2 unspecified atom stereocenters. The van der Waals surface area contributed by atoms with Gasteiger partial charge in [0.25, 0.3) is 0 Å². The third-order valence-electron chi connectivity index (χ3n) is 3.61. The van der Waals surface area contributed by atoms with Crippen molar-refractivity contribution in [3.8, 4) is 0 Å². The first-order valence-electron chi connectivity index (χ1n) is 5.09. The molecule has 12 heavy (non-hydrogen) atoms. The van der Waals surface area contributed by atoms with E-state index in [4.69, 9.17) is 18.4 Å². The zero-order valence-corrected chi connectivity index (χ0v) is 9.16. The van der Waals surface area contributed by atoms with Crippen LogP contribution in [0.1, 0.15) is 52.4 Å². The summed E-state index contributed by atoms with van der Waals surface area (Å²) in [4.78, 5) is 0. The molecule has 2 N–H and O–H groups in total. The van der Waals surface area contributed by atoms with Crippen molar-refractivity contribution in [2.75, 3.05) is 0 Å². The van der Waals surface area contributed by atoms with Crippen LogP contribution in [0, 0.1) is 0 Å². The van der Waals surface area contributed by atoms with Gasteiger partial charge in [0, 0.05) is 10.3 Å². The van der Waals surface area contributed by atoms with Gasteiger partial charge in [0.2, 0.25) is 0 Å². The van der Waals surface area contributed by atoms with Gasteiger partial charge in [-0.05, 0) is 25.7 Å². The lowest BCUT2D eigenvalue weighted by Gasteiger charge is -2.48. The Morgan fingerprint density at radius 2 is 1.75 bits per heavy atom. The first kappa shape index (κ1) is 10.4. The molecule has 1 rings (SSSR count). The molecule has 0 aromatic rings. The third kappa shape index (κ3) is 1.51. The standard InChI is InChI=1S/C10H21NS/c1-3-9(11)7-5-6-8-10(9,12)4-2/h12H,3-8,11H2,1-2H3. The fraction of sp³-hybridized carbons (Fsp3) is 1.00. The molecule has 2 atom stereocenters. The highest BCUT2D eigenvalue weighted by Crippen LogP contribution is 2.44. The molecule has 0 bridgehead atoms. The SMILES string of the molecule is CCC1(N)CCCCC1(S)CC. The van der Waals surface area contributed by atoms with Crippen molar-refractivity contribution in [2.24, 2.45) is 5.73 Å². The van der Waals surface area contributed by atoms with Gasteiger partial charge in [-0.15, -0.1) is 0 Å². The van der Waals surface area contributed by atoms with E-state index in [1.165, 1.54) is 19.3 Å². The van der Waals surface area contributed by atoms with Crippen LogP contribution in [0.3, 0.4) is 0 Å². The summed E-state index contributed by atoms with van der Waals surface area (Å²) in [5, 5.41) is 0. The zero-order valence-electron chi connectivity index (χ0n) is 8.27. The average Bonchev–Trinajstić information content (AvgIpc) is 2.10. The summed E-state index contributed by atoms with van der Waals surface area (Å²) in [7, 11) is 0. The van der Waals surface area contributed by atoms with E-state index in [2.05, 4.69) is 13.8 Å². The molecule has 72 valence electrons. The normalized spacial score (nSPS) is 43.0. The van der Waals surface area contributed by atoms with Crippen molar-refractivity contribution in [2.45, 2.75) is 62.7 Å². The molecule has 0 spiro atoms. The summed E-state index contributed by atoms with van der Waals surface area (Å²) in [6.07, 6.45) is 7.09. The Bertz CT molecular complexity index is 142. The molecular weight excluding hydrogens is 166 g/mol. The second-order valence-electron chi connectivity index (χ2n) is 4.10. The Hall–Kier alpha value is 0.310. The second-order valence-corrected chi connectivity index (χ2v) is 4.96. The molecule has 0 radical (unpaired) electrons. The van der Waals surface area contributed by atoms with Gasteiger partial charge >= 0.3 is 0 Å². The van der Waals surface area contributed by atoms with Gasteiger partial charge in [0.15, 0.2) is 0 Å². The van der Waals surface area contributed by atoms with E-state index in [1.807, 2.05) is 0 Å². The van der Waals surface area contributed by atoms with Crippen LogP contribution in [0.25, 0.3) is 0 Å². The molecule has 0 heterocycles. The maximum Gasteiger partial charge on any atom is 0.0306 e. The summed E-state index contributed by atoms with van der Waals surface area (Å²) in [5.74, 6) is 0. The highest BCUT2D eigenvalue weighted by molar-refractivity contribution is 7.82. The van der Waals surface area contributed by atoms with Crippen LogP contribution < -0.4 is 5.73 Å². The van der Waals surface area contributed by atoms with Crippen molar-refractivity contribution >= 4 is 12.6 Å². The molecule has 0 aromatic carbocycles. The van der Waals surface area contributed by atoms with Gasteiger partial charge < -0.3 is 5.73 Å². The summed E-state index contributed by atoms with van der Waals surface area (Å²) in [6, 6.07) is 0. The molecule has 1 aliphatic carbocycles. The van der Waals surface area contributed by atoms with Crippen LogP contribution in [-0.2, 0) is 0 Å². The number of thiol groups is 1. The summed E-state index contributed by atoms with van der Waals surface area (Å²) < 4.78 is 0.0972. The van der Waals surface area contributed by atoms with E-state index < -0.39 is 0 Å². The molecule has 1 fully saturated rings. The Morgan fingerprint density at radius 1 is 1.17 bits per heavy atom. The number of nitrogens with two attached hydrogens (primary N) is 1. The zero-order chi connectivity index (χ0) is 9.24. The van der Waals surface area contributed by atoms with Crippen LogP contribution in [-0.4, -0.2) is 10.3 Å². The lowest BCUT2D eigenvalue weighted by Crippen LogP contribution is -2.58. The largest absolute Gasteiger partial charge is 0.324 e. The summed E-state index contributed by atoms with van der Waals surface area (Å²) >= 11 is 4.79. The van der Waals surface area contributed by atoms with Crippen molar-refractivity contribution in [1.82, 2.24) is 0 Å². The van der Waals surface area contributed by atoms with Crippen molar-refractivity contribution in [3.63, 3.8) is 0 Å². The fourth-order valence-electron chi connectivity index (χ4n) is 2.37. The topological polar surface area (TPSA) is 26.0 Å². The first-order chi connectivity index (χ1) is 5.58. The van der Waals surface area contributed by atoms with Gasteiger partial charge in [-0.25, -0.2) is 0 Å². The van der Waals surface area contributed by atoms with Crippen LogP contribution in [0.2, 0.25) is 0 Å². The van der Waals surface area contributed by atoms with Crippen LogP contribution in [0.15, 0.2) is 0 Å². The molecule has 2 heteroatoms. The third-order valence-corrected chi connectivity index (χ3v) is 4.59. The van der Waals surface area contributed by atoms with Crippen molar-refractivity contribution < 1.29 is 0 Å². The minimum atomic E-state index is -0.0108. The van der Waals surface area contributed by atoms with E-state index in [1.54, 1.807) is 0 Å². The molecule has 1 saturated carbocycles. The average molecular weight is 187 g/mol. The molecule has 1 aliphatic rings. The Labute approximate surface area is 81.5 Å². The van der Waals surface area contributed by atoms with Crippen molar-refractivity contribution in [3.05, 3.63) is 0 Å². The Balaban J connectivity index is 2.79. The van der Waals surface area contributed by atoms with Gasteiger partial charge in [-0.2, -0.15) is 12.6 Å². The number of hydrogen-bond donors (Lipinski definition) is 2. The minimum Gasteiger partial charge on any atom is -0.324 e. The van der Waals surface area contributed by atoms with E-state index in [0.29, 0.717) is 0 Å². The number of hydrogen-bond acceptors (Lipinski definition) is 2. The first-order valence-corrected chi connectivity index (χ1v) is 5.54. The number of rotatable bonds is 2. The van der Waals surface area contributed by atoms with Gasteiger partial charge in [0.05, 0.1) is 0 Å². The molecular formula is C10H21NS. The van der Waals surface area contributed by atoms with Crippen LogP contribution >= 0.6 is 12.6 Å². The molecule has 0 aliphatic heterocycles. The second kappa shape index (κ2) is 3.59. The Morgan fingerprint density at radius 3 is 2.17 bits per heavy atom. The van der Waals surface area contributed by atoms with Gasteiger partial charge in [-0.1, -0.05) is 26.7 Å². The molecule has 0 amide bonds. The predicted octanol–water partition coefficient (Wildman–Crippen LogP) is 2.75. The van der Waals surface area contributed by atoms with E-state index in [9.17, 15) is 0 Å². The van der Waals surface area contributed by atoms with Gasteiger partial charge in [0.1, 0.15) is 0 Å². The van der Waals surface area contributed by atoms with Crippen LogP contribution in [0.4, 0.5) is 0 Å². The highest BCUT2D eigenvalue weighted by atomic mass is 32.1. The predicted molar refractivity (Wildman–Crippen MR) is 57.7 cm³/mol. The van der Waals surface area contributed by atoms with Crippen LogP contribution in [0.5, 0.6) is 0 Å². The van der Waals surface area contributed by atoms with Gasteiger partial charge in [-0.3, -0.25) is 0 Å². The summed E-state index contributed by atoms with van der Waals surface area (Å²) in [5.41, 5.74) is 6.36. The monoisotopic (exact) mass is 187 g/mol. The Kier molecular flexibility index (Phi) is 3.11. The quantitative estimate of drug-likeness (QED) is 0.639. The van der Waals surface area contributed by atoms with Crippen molar-refractivity contribution in [1.29, 1.82) is 0 Å². The lowest BCUT2D eigenvalue weighted by atomic mass is 9.70. The molecule has 0 aromatic heterocycles. The molecule has 1 nitrogen and oxygen atoms in total. The summed E-state index contributed by atoms with van der Waals surface area (Å²) in [6.45, 7) is 4.39. The lowest BCUT2D eigenvalue weighted by molar-refractivity contribution is 0.211. The smallest absolute Gasteiger partial charge is 0.0306 e. The molecule has 0 saturated heterocycles. The van der Waals surface area contributed by atoms with E-state index in [-0.39, 0.29) is 10.3 Å². The minimum absolute atomic E-state index is 0.0108. The van der Waals surface area contributed by atoms with E-state index in [0.717, 1.165) is 19.3 Å². The maximum atomic E-state index is 6.37. The van der Waals surface area contributed by atoms with E-state index >= 15 is 0 Å². The fourth-order valence-corrected chi connectivity index (χ4v) is 2.80.